The zero-order valence-corrected chi connectivity index (χ0v) is 10.8. The molecule has 2 aromatic heterocycles. The fraction of sp³-hybridized carbons (Fsp3) is 0.200. The fourth-order valence-electron chi connectivity index (χ4n) is 2.21. The van der Waals surface area contributed by atoms with Crippen molar-refractivity contribution >= 4 is 11.2 Å². The molecule has 19 heavy (non-hydrogen) atoms. The summed E-state index contributed by atoms with van der Waals surface area (Å²) in [5.74, 6) is 0.863. The lowest BCUT2D eigenvalue weighted by molar-refractivity contribution is 0.641. The molecular formula is C15H16N4. The number of hydrogen-bond donors (Lipinski definition) is 1. The zero-order chi connectivity index (χ0) is 13.2. The molecule has 2 N–H and O–H groups in total. The van der Waals surface area contributed by atoms with E-state index in [1.807, 2.05) is 30.3 Å². The number of para-hydroxylation sites is 1. The summed E-state index contributed by atoms with van der Waals surface area (Å²) in [7, 11) is 0. The van der Waals surface area contributed by atoms with Crippen LogP contribution in [0.25, 0.3) is 16.9 Å². The van der Waals surface area contributed by atoms with Crippen LogP contribution >= 0.6 is 0 Å². The molecule has 0 saturated heterocycles. The van der Waals surface area contributed by atoms with Crippen LogP contribution in [0.5, 0.6) is 0 Å². The Kier molecular flexibility index (Phi) is 3.01. The van der Waals surface area contributed by atoms with Crippen LogP contribution in [-0.2, 0) is 0 Å². The fourth-order valence-corrected chi connectivity index (χ4v) is 2.21. The summed E-state index contributed by atoms with van der Waals surface area (Å²) >= 11 is 0. The van der Waals surface area contributed by atoms with E-state index in [4.69, 9.17) is 5.73 Å². The van der Waals surface area contributed by atoms with Gasteiger partial charge in [-0.25, -0.2) is 9.97 Å². The summed E-state index contributed by atoms with van der Waals surface area (Å²) in [4.78, 5) is 8.90. The van der Waals surface area contributed by atoms with Gasteiger partial charge in [-0.15, -0.1) is 0 Å². The van der Waals surface area contributed by atoms with E-state index in [0.29, 0.717) is 0 Å². The summed E-state index contributed by atoms with van der Waals surface area (Å²) in [5, 5.41) is 0. The molecule has 3 rings (SSSR count). The molecular weight excluding hydrogens is 236 g/mol. The van der Waals surface area contributed by atoms with E-state index in [9.17, 15) is 0 Å². The molecule has 2 heterocycles. The van der Waals surface area contributed by atoms with Crippen molar-refractivity contribution in [1.82, 2.24) is 14.5 Å². The molecule has 0 bridgehead atoms. The summed E-state index contributed by atoms with van der Waals surface area (Å²) < 4.78 is 2.09. The Balaban J connectivity index is 2.31. The van der Waals surface area contributed by atoms with E-state index in [2.05, 4.69) is 33.6 Å². The van der Waals surface area contributed by atoms with Gasteiger partial charge >= 0.3 is 0 Å². The van der Waals surface area contributed by atoms with Crippen LogP contribution in [0.3, 0.4) is 0 Å². The van der Waals surface area contributed by atoms with Gasteiger partial charge in [-0.2, -0.15) is 0 Å². The minimum absolute atomic E-state index is 0.0885. The second-order valence-corrected chi connectivity index (χ2v) is 4.50. The van der Waals surface area contributed by atoms with Crippen LogP contribution in [0.1, 0.15) is 25.2 Å². The van der Waals surface area contributed by atoms with Gasteiger partial charge in [0.25, 0.3) is 0 Å². The third kappa shape index (κ3) is 2.00. The van der Waals surface area contributed by atoms with Gasteiger partial charge in [-0.1, -0.05) is 25.1 Å². The SMILES string of the molecule is CC[C@H](N)c1nc2ncccc2n1-c1ccccc1. The van der Waals surface area contributed by atoms with Gasteiger partial charge in [0.05, 0.1) is 11.6 Å². The van der Waals surface area contributed by atoms with Crippen molar-refractivity contribution in [3.05, 3.63) is 54.5 Å². The first-order valence-corrected chi connectivity index (χ1v) is 6.45. The molecule has 96 valence electrons. The van der Waals surface area contributed by atoms with Gasteiger partial charge in [-0.3, -0.25) is 4.57 Å². The maximum absolute atomic E-state index is 6.19. The van der Waals surface area contributed by atoms with Crippen molar-refractivity contribution < 1.29 is 0 Å². The number of benzene rings is 1. The molecule has 0 aliphatic heterocycles. The summed E-state index contributed by atoms with van der Waals surface area (Å²) in [6.45, 7) is 2.06. The van der Waals surface area contributed by atoms with Crippen LogP contribution in [0, 0.1) is 0 Å². The number of aromatic nitrogens is 3. The summed E-state index contributed by atoms with van der Waals surface area (Å²) in [6, 6.07) is 14.0. The largest absolute Gasteiger partial charge is 0.321 e. The highest BCUT2D eigenvalue weighted by Gasteiger charge is 2.17. The number of rotatable bonds is 3. The lowest BCUT2D eigenvalue weighted by atomic mass is 10.2. The third-order valence-electron chi connectivity index (χ3n) is 3.24. The summed E-state index contributed by atoms with van der Waals surface area (Å²) in [6.07, 6.45) is 2.60. The van der Waals surface area contributed by atoms with Crippen molar-refractivity contribution in [2.24, 2.45) is 5.73 Å². The first-order chi connectivity index (χ1) is 9.31. The molecule has 0 aliphatic rings. The molecule has 0 spiro atoms. The molecule has 0 aliphatic carbocycles. The first kappa shape index (κ1) is 11.9. The van der Waals surface area contributed by atoms with E-state index in [-0.39, 0.29) is 6.04 Å². The minimum Gasteiger partial charge on any atom is -0.321 e. The number of imidazole rings is 1. The third-order valence-corrected chi connectivity index (χ3v) is 3.24. The van der Waals surface area contributed by atoms with Crippen LogP contribution in [0.4, 0.5) is 0 Å². The lowest BCUT2D eigenvalue weighted by Gasteiger charge is -2.12. The number of fused-ring (bicyclic) bond motifs is 1. The molecule has 1 aromatic carbocycles. The van der Waals surface area contributed by atoms with Gasteiger partial charge in [0.1, 0.15) is 5.82 Å². The molecule has 0 saturated carbocycles. The van der Waals surface area contributed by atoms with Gasteiger partial charge in [-0.05, 0) is 30.7 Å². The number of pyridine rings is 1. The molecule has 1 atom stereocenters. The Labute approximate surface area is 111 Å². The zero-order valence-electron chi connectivity index (χ0n) is 10.8. The maximum atomic E-state index is 6.19. The number of nitrogens with zero attached hydrogens (tertiary/aromatic N) is 3. The quantitative estimate of drug-likeness (QED) is 0.779. The van der Waals surface area contributed by atoms with Crippen LogP contribution in [0.2, 0.25) is 0 Å². The second-order valence-electron chi connectivity index (χ2n) is 4.50. The molecule has 0 radical (unpaired) electrons. The smallest absolute Gasteiger partial charge is 0.178 e. The Morgan fingerprint density at radius 3 is 2.68 bits per heavy atom. The van der Waals surface area contributed by atoms with E-state index >= 15 is 0 Å². The molecule has 4 nitrogen and oxygen atoms in total. The number of nitrogens with two attached hydrogens (primary N) is 1. The van der Waals surface area contributed by atoms with Crippen molar-refractivity contribution in [3.63, 3.8) is 0 Å². The maximum Gasteiger partial charge on any atom is 0.178 e. The van der Waals surface area contributed by atoms with Crippen molar-refractivity contribution in [1.29, 1.82) is 0 Å². The standard InChI is InChI=1S/C15H16N4/c1-2-12(16)15-18-14-13(9-6-10-17-14)19(15)11-7-4-3-5-8-11/h3-10,12H,2,16H2,1H3/t12-/m0/s1. The highest BCUT2D eigenvalue weighted by molar-refractivity contribution is 5.74. The minimum atomic E-state index is -0.0885. The monoisotopic (exact) mass is 252 g/mol. The molecule has 0 amide bonds. The van der Waals surface area contributed by atoms with Gasteiger partial charge in [0, 0.05) is 11.9 Å². The average Bonchev–Trinajstić information content (AvgIpc) is 2.86. The van der Waals surface area contributed by atoms with Crippen molar-refractivity contribution in [2.75, 3.05) is 0 Å². The van der Waals surface area contributed by atoms with Crippen LogP contribution in [0.15, 0.2) is 48.7 Å². The van der Waals surface area contributed by atoms with E-state index in [1.165, 1.54) is 0 Å². The van der Waals surface area contributed by atoms with Gasteiger partial charge < -0.3 is 5.73 Å². The average molecular weight is 252 g/mol. The van der Waals surface area contributed by atoms with Crippen LogP contribution in [-0.4, -0.2) is 14.5 Å². The highest BCUT2D eigenvalue weighted by atomic mass is 15.1. The van der Waals surface area contributed by atoms with E-state index < -0.39 is 0 Å². The Morgan fingerprint density at radius 1 is 1.16 bits per heavy atom. The molecule has 0 fully saturated rings. The van der Waals surface area contributed by atoms with Crippen LogP contribution < -0.4 is 5.73 Å². The highest BCUT2D eigenvalue weighted by Crippen LogP contribution is 2.24. The summed E-state index contributed by atoms with van der Waals surface area (Å²) in [5.41, 5.74) is 8.99. The van der Waals surface area contributed by atoms with E-state index in [0.717, 1.165) is 29.1 Å². The van der Waals surface area contributed by atoms with Crippen molar-refractivity contribution in [2.45, 2.75) is 19.4 Å². The Hall–Kier alpha value is -2.20. The molecule has 3 aromatic rings. The second kappa shape index (κ2) is 4.82. The topological polar surface area (TPSA) is 56.7 Å². The lowest BCUT2D eigenvalue weighted by Crippen LogP contribution is -2.15. The first-order valence-electron chi connectivity index (χ1n) is 6.45. The Morgan fingerprint density at radius 2 is 1.95 bits per heavy atom. The van der Waals surface area contributed by atoms with Gasteiger partial charge in [0.15, 0.2) is 5.65 Å². The normalized spacial score (nSPS) is 12.7. The predicted molar refractivity (Wildman–Crippen MR) is 76.1 cm³/mol. The van der Waals surface area contributed by atoms with Crippen molar-refractivity contribution in [3.8, 4) is 5.69 Å². The Bertz CT molecular complexity index is 688. The number of hydrogen-bond acceptors (Lipinski definition) is 3. The molecule has 0 unspecified atom stereocenters. The van der Waals surface area contributed by atoms with E-state index in [1.54, 1.807) is 6.20 Å². The molecule has 4 heteroatoms. The van der Waals surface area contributed by atoms with Gasteiger partial charge in [0.2, 0.25) is 0 Å². The predicted octanol–water partition coefficient (Wildman–Crippen LogP) is 2.83.